The zero-order valence-corrected chi connectivity index (χ0v) is 9.55. The van der Waals surface area contributed by atoms with Crippen LogP contribution in [0, 0.1) is 0 Å². The summed E-state index contributed by atoms with van der Waals surface area (Å²) in [6, 6.07) is 8.01. The average molecular weight is 273 g/mol. The second kappa shape index (κ2) is 4.41. The molecule has 94 valence electrons. The minimum absolute atomic E-state index is 0.00965. The molecular weight excluding hydrogens is 267 g/mol. The Labute approximate surface area is 104 Å². The van der Waals surface area contributed by atoms with Crippen molar-refractivity contribution in [2.75, 3.05) is 0 Å². The van der Waals surface area contributed by atoms with Crippen molar-refractivity contribution in [1.29, 1.82) is 0 Å². The SMILES string of the molecule is O=C(O)c1nc(C(F)(F)F)sc1-c1ccccc1. The lowest BCUT2D eigenvalue weighted by atomic mass is 10.1. The van der Waals surface area contributed by atoms with Crippen molar-refractivity contribution in [3.63, 3.8) is 0 Å². The summed E-state index contributed by atoms with van der Waals surface area (Å²) in [7, 11) is 0. The predicted octanol–water partition coefficient (Wildman–Crippen LogP) is 3.53. The highest BCUT2D eigenvalue weighted by atomic mass is 32.1. The van der Waals surface area contributed by atoms with Crippen LogP contribution in [-0.2, 0) is 6.18 Å². The smallest absolute Gasteiger partial charge is 0.443 e. The number of hydrogen-bond acceptors (Lipinski definition) is 3. The van der Waals surface area contributed by atoms with Gasteiger partial charge in [-0.15, -0.1) is 11.3 Å². The Morgan fingerprint density at radius 1 is 1.22 bits per heavy atom. The van der Waals surface area contributed by atoms with Gasteiger partial charge >= 0.3 is 12.1 Å². The van der Waals surface area contributed by atoms with Gasteiger partial charge in [-0.3, -0.25) is 0 Å². The van der Waals surface area contributed by atoms with Gasteiger partial charge in [-0.25, -0.2) is 9.78 Å². The number of hydrogen-bond donors (Lipinski definition) is 1. The number of carbonyl (C=O) groups is 1. The Bertz CT molecular complexity index is 578. The number of halogens is 3. The van der Waals surface area contributed by atoms with E-state index in [9.17, 15) is 18.0 Å². The normalized spacial score (nSPS) is 11.5. The minimum Gasteiger partial charge on any atom is -0.476 e. The second-order valence-corrected chi connectivity index (χ2v) is 4.36. The van der Waals surface area contributed by atoms with Crippen molar-refractivity contribution in [3.8, 4) is 10.4 Å². The van der Waals surface area contributed by atoms with Gasteiger partial charge < -0.3 is 5.11 Å². The molecule has 0 radical (unpaired) electrons. The molecule has 0 aliphatic carbocycles. The van der Waals surface area contributed by atoms with Gasteiger partial charge in [-0.1, -0.05) is 30.3 Å². The molecule has 0 aliphatic rings. The third-order valence-electron chi connectivity index (χ3n) is 2.11. The molecule has 0 fully saturated rings. The molecule has 2 aromatic rings. The summed E-state index contributed by atoms with van der Waals surface area (Å²) >= 11 is 0.331. The van der Waals surface area contributed by atoms with E-state index in [0.29, 0.717) is 16.9 Å². The molecule has 0 saturated carbocycles. The molecular formula is C11H6F3NO2S. The summed E-state index contributed by atoms with van der Waals surface area (Å²) in [5.41, 5.74) is -0.165. The van der Waals surface area contributed by atoms with Crippen LogP contribution in [0.2, 0.25) is 0 Å². The van der Waals surface area contributed by atoms with Crippen molar-refractivity contribution in [1.82, 2.24) is 4.98 Å². The number of nitrogens with zero attached hydrogens (tertiary/aromatic N) is 1. The van der Waals surface area contributed by atoms with Crippen LogP contribution in [0.1, 0.15) is 15.5 Å². The average Bonchev–Trinajstić information content (AvgIpc) is 2.74. The Hall–Kier alpha value is -1.89. The fourth-order valence-corrected chi connectivity index (χ4v) is 2.30. The molecule has 1 aromatic carbocycles. The maximum atomic E-state index is 12.5. The van der Waals surface area contributed by atoms with Crippen LogP contribution in [-0.4, -0.2) is 16.1 Å². The summed E-state index contributed by atoms with van der Waals surface area (Å²) in [5, 5.41) is 7.73. The van der Waals surface area contributed by atoms with Gasteiger partial charge in [0, 0.05) is 0 Å². The van der Waals surface area contributed by atoms with E-state index < -0.39 is 22.8 Å². The Kier molecular flexibility index (Phi) is 3.08. The first-order valence-electron chi connectivity index (χ1n) is 4.76. The number of benzene rings is 1. The van der Waals surface area contributed by atoms with Crippen LogP contribution in [0.5, 0.6) is 0 Å². The van der Waals surface area contributed by atoms with Crippen molar-refractivity contribution >= 4 is 17.3 Å². The molecule has 3 nitrogen and oxygen atoms in total. The van der Waals surface area contributed by atoms with Gasteiger partial charge in [0.1, 0.15) is 0 Å². The number of carboxylic acids is 1. The lowest BCUT2D eigenvalue weighted by molar-refractivity contribution is -0.137. The molecule has 1 aromatic heterocycles. The molecule has 0 bridgehead atoms. The van der Waals surface area contributed by atoms with E-state index >= 15 is 0 Å². The Morgan fingerprint density at radius 3 is 2.33 bits per heavy atom. The monoisotopic (exact) mass is 273 g/mol. The lowest BCUT2D eigenvalue weighted by Crippen LogP contribution is -2.06. The summed E-state index contributed by atoms with van der Waals surface area (Å²) in [6.45, 7) is 0. The largest absolute Gasteiger partial charge is 0.476 e. The Balaban J connectivity index is 2.60. The molecule has 1 heterocycles. The third kappa shape index (κ3) is 2.35. The van der Waals surface area contributed by atoms with Crippen molar-refractivity contribution < 1.29 is 23.1 Å². The molecule has 0 atom stereocenters. The van der Waals surface area contributed by atoms with Gasteiger partial charge in [0.2, 0.25) is 0 Å². The molecule has 0 saturated heterocycles. The number of aromatic carboxylic acids is 1. The molecule has 7 heteroatoms. The molecule has 0 amide bonds. The van der Waals surface area contributed by atoms with Crippen LogP contribution in [0.4, 0.5) is 13.2 Å². The number of aromatic nitrogens is 1. The quantitative estimate of drug-likeness (QED) is 0.910. The summed E-state index contributed by atoms with van der Waals surface area (Å²) in [6.07, 6.45) is -4.64. The highest BCUT2D eigenvalue weighted by molar-refractivity contribution is 7.15. The van der Waals surface area contributed by atoms with Crippen molar-refractivity contribution in [2.24, 2.45) is 0 Å². The zero-order chi connectivity index (χ0) is 13.3. The van der Waals surface area contributed by atoms with Gasteiger partial charge in [0.25, 0.3) is 0 Å². The zero-order valence-electron chi connectivity index (χ0n) is 8.73. The molecule has 0 unspecified atom stereocenters. The second-order valence-electron chi connectivity index (χ2n) is 3.37. The van der Waals surface area contributed by atoms with E-state index in [4.69, 9.17) is 5.11 Å². The van der Waals surface area contributed by atoms with Crippen LogP contribution in [0.15, 0.2) is 30.3 Å². The topological polar surface area (TPSA) is 50.2 Å². The first kappa shape index (κ1) is 12.6. The number of rotatable bonds is 2. The highest BCUT2D eigenvalue weighted by Crippen LogP contribution is 2.38. The number of alkyl halides is 3. The van der Waals surface area contributed by atoms with Crippen LogP contribution in [0.25, 0.3) is 10.4 Å². The fraction of sp³-hybridized carbons (Fsp3) is 0.0909. The highest BCUT2D eigenvalue weighted by Gasteiger charge is 2.37. The van der Waals surface area contributed by atoms with E-state index in [1.54, 1.807) is 30.3 Å². The van der Waals surface area contributed by atoms with Gasteiger partial charge in [-0.2, -0.15) is 13.2 Å². The third-order valence-corrected chi connectivity index (χ3v) is 3.26. The first-order chi connectivity index (χ1) is 8.39. The molecule has 2 rings (SSSR count). The Morgan fingerprint density at radius 2 is 1.83 bits per heavy atom. The summed E-state index contributed by atoms with van der Waals surface area (Å²) < 4.78 is 37.5. The van der Waals surface area contributed by atoms with Crippen molar-refractivity contribution in [3.05, 3.63) is 41.0 Å². The van der Waals surface area contributed by atoms with E-state index in [1.807, 2.05) is 0 Å². The van der Waals surface area contributed by atoms with Gasteiger partial charge in [0.05, 0.1) is 4.88 Å². The van der Waals surface area contributed by atoms with Gasteiger partial charge in [0.15, 0.2) is 10.7 Å². The first-order valence-corrected chi connectivity index (χ1v) is 5.58. The molecule has 1 N–H and O–H groups in total. The predicted molar refractivity (Wildman–Crippen MR) is 59.5 cm³/mol. The number of carboxylic acid groups (broad SMARTS) is 1. The van der Waals surface area contributed by atoms with Crippen LogP contribution in [0.3, 0.4) is 0 Å². The van der Waals surface area contributed by atoms with Gasteiger partial charge in [-0.05, 0) is 5.56 Å². The van der Waals surface area contributed by atoms with Crippen LogP contribution >= 0.6 is 11.3 Å². The lowest BCUT2D eigenvalue weighted by Gasteiger charge is -1.99. The molecule has 18 heavy (non-hydrogen) atoms. The summed E-state index contributed by atoms with van der Waals surface area (Å²) in [4.78, 5) is 14.1. The minimum atomic E-state index is -4.64. The fourth-order valence-electron chi connectivity index (χ4n) is 1.37. The van der Waals surface area contributed by atoms with Crippen LogP contribution < -0.4 is 0 Å². The maximum Gasteiger partial charge on any atom is 0.443 e. The van der Waals surface area contributed by atoms with E-state index in [-0.39, 0.29) is 4.88 Å². The van der Waals surface area contributed by atoms with E-state index in [1.165, 1.54) is 0 Å². The van der Waals surface area contributed by atoms with E-state index in [0.717, 1.165) is 0 Å². The van der Waals surface area contributed by atoms with E-state index in [2.05, 4.69) is 4.98 Å². The molecule has 0 spiro atoms. The summed E-state index contributed by atoms with van der Waals surface area (Å²) in [5.74, 6) is -1.47. The standard InChI is InChI=1S/C11H6F3NO2S/c12-11(13,14)10-15-7(9(16)17)8(18-10)6-4-2-1-3-5-6/h1-5H,(H,16,17). The maximum absolute atomic E-state index is 12.5. The van der Waals surface area contributed by atoms with Crippen molar-refractivity contribution in [2.45, 2.75) is 6.18 Å². The number of thiazole rings is 1. The molecule has 0 aliphatic heterocycles.